The van der Waals surface area contributed by atoms with E-state index in [0.29, 0.717) is 24.7 Å². The minimum absolute atomic E-state index is 0.0521. The number of hydrogen-bond acceptors (Lipinski definition) is 3. The van der Waals surface area contributed by atoms with Crippen LogP contribution in [-0.4, -0.2) is 30.9 Å². The van der Waals surface area contributed by atoms with Crippen LogP contribution >= 0.6 is 0 Å². The van der Waals surface area contributed by atoms with E-state index in [4.69, 9.17) is 0 Å². The van der Waals surface area contributed by atoms with Crippen molar-refractivity contribution >= 4 is 11.8 Å². The lowest BCUT2D eigenvalue weighted by atomic mass is 10.1. The number of nitrogens with one attached hydrogen (secondary N) is 3. The van der Waals surface area contributed by atoms with E-state index in [1.165, 1.54) is 45.4 Å². The van der Waals surface area contributed by atoms with Crippen molar-refractivity contribution < 1.29 is 9.59 Å². The van der Waals surface area contributed by atoms with Gasteiger partial charge in [0.2, 0.25) is 5.91 Å². The van der Waals surface area contributed by atoms with Gasteiger partial charge in [-0.3, -0.25) is 9.59 Å². The van der Waals surface area contributed by atoms with Crippen LogP contribution in [0.3, 0.4) is 0 Å². The van der Waals surface area contributed by atoms with Gasteiger partial charge in [0.25, 0.3) is 5.91 Å². The summed E-state index contributed by atoms with van der Waals surface area (Å²) in [6.07, 6.45) is 7.84. The molecule has 1 aliphatic carbocycles. The Balaban J connectivity index is 1.67. The second-order valence-electron chi connectivity index (χ2n) is 6.51. The van der Waals surface area contributed by atoms with Crippen LogP contribution in [0.5, 0.6) is 0 Å². The van der Waals surface area contributed by atoms with Crippen LogP contribution in [0.25, 0.3) is 0 Å². The normalized spacial score (nSPS) is 15.5. The molecule has 1 aliphatic rings. The van der Waals surface area contributed by atoms with Crippen LogP contribution in [-0.2, 0) is 11.3 Å². The second kappa shape index (κ2) is 10.1. The first kappa shape index (κ1) is 18.5. The van der Waals surface area contributed by atoms with E-state index in [1.54, 1.807) is 12.1 Å². The van der Waals surface area contributed by atoms with Gasteiger partial charge in [0, 0.05) is 38.2 Å². The lowest BCUT2D eigenvalue weighted by Crippen LogP contribution is -2.36. The van der Waals surface area contributed by atoms with E-state index in [2.05, 4.69) is 16.0 Å². The van der Waals surface area contributed by atoms with E-state index in [1.807, 2.05) is 12.1 Å². The number of carbonyl (C=O) groups is 2. The third-order valence-electron chi connectivity index (χ3n) is 4.46. The van der Waals surface area contributed by atoms with E-state index >= 15 is 0 Å². The minimum Gasteiger partial charge on any atom is -0.352 e. The molecule has 1 fully saturated rings. The summed E-state index contributed by atoms with van der Waals surface area (Å²) in [5, 5.41) is 9.24. The molecule has 132 valence electrons. The van der Waals surface area contributed by atoms with E-state index in [9.17, 15) is 9.59 Å². The Kier molecular flexibility index (Phi) is 7.75. The molecule has 3 N–H and O–H groups in total. The van der Waals surface area contributed by atoms with Gasteiger partial charge < -0.3 is 16.0 Å². The average Bonchev–Trinajstić information content (AvgIpc) is 2.86. The number of carbonyl (C=O) groups excluding carboxylic acids is 2. The van der Waals surface area contributed by atoms with Crippen LogP contribution < -0.4 is 16.0 Å². The molecule has 0 aromatic heterocycles. The van der Waals surface area contributed by atoms with Crippen molar-refractivity contribution in [3.05, 3.63) is 35.4 Å². The van der Waals surface area contributed by atoms with Gasteiger partial charge in [-0.15, -0.1) is 0 Å². The van der Waals surface area contributed by atoms with Crippen molar-refractivity contribution in [3.8, 4) is 0 Å². The van der Waals surface area contributed by atoms with E-state index < -0.39 is 0 Å². The maximum atomic E-state index is 12.1. The summed E-state index contributed by atoms with van der Waals surface area (Å²) in [5.74, 6) is -0.110. The molecular formula is C19H29N3O2. The van der Waals surface area contributed by atoms with Crippen molar-refractivity contribution in [1.82, 2.24) is 16.0 Å². The molecule has 1 aromatic carbocycles. The highest BCUT2D eigenvalue weighted by molar-refractivity contribution is 5.94. The quantitative estimate of drug-likeness (QED) is 0.531. The minimum atomic E-state index is -0.0574. The Bertz CT molecular complexity index is 520. The predicted molar refractivity (Wildman–Crippen MR) is 95.8 cm³/mol. The summed E-state index contributed by atoms with van der Waals surface area (Å²) < 4.78 is 0. The molecule has 0 heterocycles. The summed E-state index contributed by atoms with van der Waals surface area (Å²) in [5.41, 5.74) is 1.63. The molecule has 0 saturated heterocycles. The zero-order valence-corrected chi connectivity index (χ0v) is 14.6. The van der Waals surface area contributed by atoms with Gasteiger partial charge in [-0.05, 0) is 30.5 Å². The maximum absolute atomic E-state index is 12.1. The number of amides is 2. The maximum Gasteiger partial charge on any atom is 0.251 e. The Hall–Kier alpha value is -1.88. The van der Waals surface area contributed by atoms with Crippen molar-refractivity contribution in [1.29, 1.82) is 0 Å². The largest absolute Gasteiger partial charge is 0.352 e. The molecule has 5 heteroatoms. The van der Waals surface area contributed by atoms with Crippen LogP contribution in [0.1, 0.15) is 61.4 Å². The molecule has 0 spiro atoms. The first-order valence-electron chi connectivity index (χ1n) is 9.00. The fourth-order valence-electron chi connectivity index (χ4n) is 3.04. The van der Waals surface area contributed by atoms with Crippen molar-refractivity contribution in [2.24, 2.45) is 0 Å². The van der Waals surface area contributed by atoms with Gasteiger partial charge in [-0.25, -0.2) is 0 Å². The molecular weight excluding hydrogens is 302 g/mol. The Morgan fingerprint density at radius 3 is 2.25 bits per heavy atom. The molecule has 1 aromatic rings. The predicted octanol–water partition coefficient (Wildman–Crippen LogP) is 2.36. The molecule has 2 rings (SSSR count). The van der Waals surface area contributed by atoms with Crippen LogP contribution in [0, 0.1) is 0 Å². The van der Waals surface area contributed by atoms with Crippen LogP contribution in [0.15, 0.2) is 24.3 Å². The highest BCUT2D eigenvalue weighted by atomic mass is 16.2. The topological polar surface area (TPSA) is 70.2 Å². The van der Waals surface area contributed by atoms with E-state index in [-0.39, 0.29) is 11.8 Å². The number of hydrogen-bond donors (Lipinski definition) is 3. The molecule has 1 saturated carbocycles. The van der Waals surface area contributed by atoms with Crippen LogP contribution in [0.2, 0.25) is 0 Å². The fourth-order valence-corrected chi connectivity index (χ4v) is 3.04. The summed E-state index contributed by atoms with van der Waals surface area (Å²) in [7, 11) is 0. The van der Waals surface area contributed by atoms with Gasteiger partial charge in [0.1, 0.15) is 0 Å². The smallest absolute Gasteiger partial charge is 0.251 e. The van der Waals surface area contributed by atoms with Crippen molar-refractivity contribution in [2.75, 3.05) is 13.1 Å². The third kappa shape index (κ3) is 6.71. The van der Waals surface area contributed by atoms with Gasteiger partial charge >= 0.3 is 0 Å². The van der Waals surface area contributed by atoms with Crippen LogP contribution in [0.4, 0.5) is 0 Å². The molecule has 0 atom stereocenters. The van der Waals surface area contributed by atoms with Crippen molar-refractivity contribution in [3.63, 3.8) is 0 Å². The van der Waals surface area contributed by atoms with Crippen molar-refractivity contribution in [2.45, 2.75) is 58.0 Å². The summed E-state index contributed by atoms with van der Waals surface area (Å²) in [6, 6.07) is 7.94. The molecule has 0 unspecified atom stereocenters. The number of benzene rings is 1. The fraction of sp³-hybridized carbons (Fsp3) is 0.579. The van der Waals surface area contributed by atoms with Gasteiger partial charge in [0.05, 0.1) is 0 Å². The molecule has 5 nitrogen and oxygen atoms in total. The highest BCUT2D eigenvalue weighted by Gasteiger charge is 2.11. The molecule has 2 amide bonds. The molecule has 0 aliphatic heterocycles. The SMILES string of the molecule is CC(=O)NCc1ccc(C(=O)NCCNC2CCCCCC2)cc1. The third-order valence-corrected chi connectivity index (χ3v) is 4.46. The Morgan fingerprint density at radius 1 is 0.958 bits per heavy atom. The molecule has 24 heavy (non-hydrogen) atoms. The second-order valence-corrected chi connectivity index (χ2v) is 6.51. The zero-order valence-electron chi connectivity index (χ0n) is 14.6. The Labute approximate surface area is 144 Å². The zero-order chi connectivity index (χ0) is 17.2. The first-order chi connectivity index (χ1) is 11.6. The standard InChI is InChI=1S/C19H29N3O2/c1-15(23)22-14-16-8-10-17(11-9-16)19(24)21-13-12-20-18-6-4-2-3-5-7-18/h8-11,18,20H,2-7,12-14H2,1H3,(H,21,24)(H,22,23). The summed E-state index contributed by atoms with van der Waals surface area (Å²) in [6.45, 7) is 3.44. The summed E-state index contributed by atoms with van der Waals surface area (Å²) >= 11 is 0. The Morgan fingerprint density at radius 2 is 1.62 bits per heavy atom. The lowest BCUT2D eigenvalue weighted by molar-refractivity contribution is -0.119. The highest BCUT2D eigenvalue weighted by Crippen LogP contribution is 2.16. The van der Waals surface area contributed by atoms with Gasteiger partial charge in [0.15, 0.2) is 0 Å². The first-order valence-corrected chi connectivity index (χ1v) is 9.00. The molecule has 0 bridgehead atoms. The molecule has 0 radical (unpaired) electrons. The summed E-state index contributed by atoms with van der Waals surface area (Å²) in [4.78, 5) is 23.0. The van der Waals surface area contributed by atoms with Gasteiger partial charge in [-0.1, -0.05) is 37.8 Å². The van der Waals surface area contributed by atoms with Gasteiger partial charge in [-0.2, -0.15) is 0 Å². The average molecular weight is 331 g/mol. The van der Waals surface area contributed by atoms with E-state index in [0.717, 1.165) is 12.1 Å². The monoisotopic (exact) mass is 331 g/mol. The number of rotatable bonds is 7. The lowest BCUT2D eigenvalue weighted by Gasteiger charge is -2.16.